The summed E-state index contributed by atoms with van der Waals surface area (Å²) >= 11 is 3.47. The molecule has 0 heterocycles. The van der Waals surface area contributed by atoms with Gasteiger partial charge in [0, 0.05) is 10.9 Å². The first-order chi connectivity index (χ1) is 8.70. The van der Waals surface area contributed by atoms with Crippen molar-refractivity contribution in [3.8, 4) is 0 Å². The quantitative estimate of drug-likeness (QED) is 0.893. The summed E-state index contributed by atoms with van der Waals surface area (Å²) in [7, 11) is 0. The minimum Gasteiger partial charge on any atom is -0.388 e. The molecule has 0 spiro atoms. The van der Waals surface area contributed by atoms with Crippen molar-refractivity contribution in [3.63, 3.8) is 0 Å². The van der Waals surface area contributed by atoms with Gasteiger partial charge < -0.3 is 5.11 Å². The van der Waals surface area contributed by atoms with Gasteiger partial charge in [-0.2, -0.15) is 0 Å². The second-order valence-electron chi connectivity index (χ2n) is 4.41. The molecular formula is C16H17BrO. The summed E-state index contributed by atoms with van der Waals surface area (Å²) in [4.78, 5) is 0. The zero-order valence-corrected chi connectivity index (χ0v) is 12.0. The Bertz CT molecular complexity index is 505. The van der Waals surface area contributed by atoms with Crippen molar-refractivity contribution < 1.29 is 5.11 Å². The SMILES string of the molecule is CCc1ccc(CC(O)c2ccccc2Br)cc1. The van der Waals surface area contributed by atoms with Crippen LogP contribution in [0.25, 0.3) is 0 Å². The van der Waals surface area contributed by atoms with Crippen molar-refractivity contribution in [1.29, 1.82) is 0 Å². The minimum absolute atomic E-state index is 0.465. The number of rotatable bonds is 4. The summed E-state index contributed by atoms with van der Waals surface area (Å²) in [6, 6.07) is 16.3. The second kappa shape index (κ2) is 6.17. The fourth-order valence-corrected chi connectivity index (χ4v) is 2.54. The van der Waals surface area contributed by atoms with Gasteiger partial charge in [-0.25, -0.2) is 0 Å². The Morgan fingerprint density at radius 1 is 1.00 bits per heavy atom. The number of aliphatic hydroxyl groups excluding tert-OH is 1. The van der Waals surface area contributed by atoms with Gasteiger partial charge in [-0.3, -0.25) is 0 Å². The number of aliphatic hydroxyl groups is 1. The molecule has 0 amide bonds. The zero-order chi connectivity index (χ0) is 13.0. The summed E-state index contributed by atoms with van der Waals surface area (Å²) < 4.78 is 0.961. The van der Waals surface area contributed by atoms with E-state index in [2.05, 4.69) is 47.1 Å². The van der Waals surface area contributed by atoms with Crippen molar-refractivity contribution in [2.75, 3.05) is 0 Å². The van der Waals surface area contributed by atoms with E-state index in [9.17, 15) is 5.11 Å². The van der Waals surface area contributed by atoms with E-state index in [-0.39, 0.29) is 0 Å². The lowest BCUT2D eigenvalue weighted by molar-refractivity contribution is 0.177. The summed E-state index contributed by atoms with van der Waals surface area (Å²) in [5.41, 5.74) is 3.43. The number of benzene rings is 2. The summed E-state index contributed by atoms with van der Waals surface area (Å²) in [6.45, 7) is 2.14. The lowest BCUT2D eigenvalue weighted by atomic mass is 10.0. The Balaban J connectivity index is 2.11. The van der Waals surface area contributed by atoms with Gasteiger partial charge in [0.2, 0.25) is 0 Å². The first kappa shape index (κ1) is 13.3. The molecule has 18 heavy (non-hydrogen) atoms. The molecule has 0 aliphatic rings. The Kier molecular flexibility index (Phi) is 4.56. The lowest BCUT2D eigenvalue weighted by Crippen LogP contribution is -2.02. The van der Waals surface area contributed by atoms with E-state index in [1.807, 2.05) is 24.3 Å². The molecule has 94 valence electrons. The molecule has 0 aliphatic carbocycles. The molecule has 0 radical (unpaired) electrons. The summed E-state index contributed by atoms with van der Waals surface area (Å²) in [5.74, 6) is 0. The van der Waals surface area contributed by atoms with E-state index in [4.69, 9.17) is 0 Å². The molecule has 1 unspecified atom stereocenters. The molecule has 2 heteroatoms. The van der Waals surface area contributed by atoms with Crippen molar-refractivity contribution in [2.45, 2.75) is 25.9 Å². The third-order valence-corrected chi connectivity index (χ3v) is 3.85. The van der Waals surface area contributed by atoms with Gasteiger partial charge in [0.1, 0.15) is 0 Å². The zero-order valence-electron chi connectivity index (χ0n) is 10.4. The van der Waals surface area contributed by atoms with E-state index in [1.54, 1.807) is 0 Å². The molecule has 0 saturated carbocycles. The van der Waals surface area contributed by atoms with Gasteiger partial charge in [0.15, 0.2) is 0 Å². The van der Waals surface area contributed by atoms with Gasteiger partial charge in [0.25, 0.3) is 0 Å². The molecule has 0 aliphatic heterocycles. The molecule has 0 saturated heterocycles. The highest BCUT2D eigenvalue weighted by Gasteiger charge is 2.11. The summed E-state index contributed by atoms with van der Waals surface area (Å²) in [6.07, 6.45) is 1.23. The molecule has 1 nitrogen and oxygen atoms in total. The molecule has 2 rings (SSSR count). The van der Waals surface area contributed by atoms with Gasteiger partial charge in [-0.05, 0) is 29.2 Å². The van der Waals surface area contributed by atoms with Gasteiger partial charge in [0.05, 0.1) is 6.10 Å². The fourth-order valence-electron chi connectivity index (χ4n) is 1.99. The first-order valence-electron chi connectivity index (χ1n) is 6.21. The van der Waals surface area contributed by atoms with Crippen molar-refractivity contribution in [3.05, 3.63) is 69.7 Å². The topological polar surface area (TPSA) is 20.2 Å². The van der Waals surface area contributed by atoms with Crippen LogP contribution in [0.3, 0.4) is 0 Å². The molecule has 0 aromatic heterocycles. The van der Waals surface area contributed by atoms with Crippen LogP contribution in [0.5, 0.6) is 0 Å². The molecule has 1 N–H and O–H groups in total. The van der Waals surface area contributed by atoms with Crippen LogP contribution < -0.4 is 0 Å². The molecule has 2 aromatic rings. The standard InChI is InChI=1S/C16H17BrO/c1-2-12-7-9-13(10-8-12)11-16(18)14-5-3-4-6-15(14)17/h3-10,16,18H,2,11H2,1H3. The van der Waals surface area contributed by atoms with E-state index in [1.165, 1.54) is 5.56 Å². The number of aryl methyl sites for hydroxylation is 1. The highest BCUT2D eigenvalue weighted by molar-refractivity contribution is 9.10. The summed E-state index contributed by atoms with van der Waals surface area (Å²) in [5, 5.41) is 10.3. The largest absolute Gasteiger partial charge is 0.388 e. The maximum absolute atomic E-state index is 10.3. The van der Waals surface area contributed by atoms with E-state index in [0.717, 1.165) is 22.0 Å². The Morgan fingerprint density at radius 2 is 1.61 bits per heavy atom. The van der Waals surface area contributed by atoms with E-state index < -0.39 is 6.10 Å². The molecule has 2 aromatic carbocycles. The smallest absolute Gasteiger partial charge is 0.0841 e. The van der Waals surface area contributed by atoms with Crippen LogP contribution in [0.1, 0.15) is 29.7 Å². The number of halogens is 1. The Morgan fingerprint density at radius 3 is 2.22 bits per heavy atom. The predicted octanol–water partition coefficient (Wildman–Crippen LogP) is 4.29. The maximum Gasteiger partial charge on any atom is 0.0841 e. The van der Waals surface area contributed by atoms with Crippen LogP contribution in [-0.2, 0) is 12.8 Å². The van der Waals surface area contributed by atoms with Crippen LogP contribution in [0.4, 0.5) is 0 Å². The van der Waals surface area contributed by atoms with Gasteiger partial charge >= 0.3 is 0 Å². The van der Waals surface area contributed by atoms with Crippen molar-refractivity contribution >= 4 is 15.9 Å². The minimum atomic E-state index is -0.465. The lowest BCUT2D eigenvalue weighted by Gasteiger charge is -2.13. The Hall–Kier alpha value is -1.12. The van der Waals surface area contributed by atoms with Crippen LogP contribution in [0.15, 0.2) is 53.0 Å². The second-order valence-corrected chi connectivity index (χ2v) is 5.27. The highest BCUT2D eigenvalue weighted by atomic mass is 79.9. The van der Waals surface area contributed by atoms with E-state index in [0.29, 0.717) is 6.42 Å². The monoisotopic (exact) mass is 304 g/mol. The molecule has 0 fully saturated rings. The average molecular weight is 305 g/mol. The van der Waals surface area contributed by atoms with Crippen LogP contribution in [0.2, 0.25) is 0 Å². The maximum atomic E-state index is 10.3. The van der Waals surface area contributed by atoms with Crippen molar-refractivity contribution in [2.24, 2.45) is 0 Å². The predicted molar refractivity (Wildman–Crippen MR) is 78.6 cm³/mol. The number of hydrogen-bond acceptors (Lipinski definition) is 1. The van der Waals surface area contributed by atoms with Gasteiger partial charge in [-0.15, -0.1) is 0 Å². The van der Waals surface area contributed by atoms with Crippen molar-refractivity contribution in [1.82, 2.24) is 0 Å². The van der Waals surface area contributed by atoms with E-state index >= 15 is 0 Å². The average Bonchev–Trinajstić information content (AvgIpc) is 2.40. The van der Waals surface area contributed by atoms with Crippen LogP contribution in [-0.4, -0.2) is 5.11 Å². The van der Waals surface area contributed by atoms with Gasteiger partial charge in [-0.1, -0.05) is 65.3 Å². The number of hydrogen-bond donors (Lipinski definition) is 1. The Labute approximate surface area is 117 Å². The first-order valence-corrected chi connectivity index (χ1v) is 7.00. The molecule has 1 atom stereocenters. The molecular weight excluding hydrogens is 288 g/mol. The third-order valence-electron chi connectivity index (χ3n) is 3.12. The fraction of sp³-hybridized carbons (Fsp3) is 0.250. The van der Waals surface area contributed by atoms with Crippen LogP contribution in [0, 0.1) is 0 Å². The third kappa shape index (κ3) is 3.21. The normalized spacial score (nSPS) is 12.4. The van der Waals surface area contributed by atoms with Crippen LogP contribution >= 0.6 is 15.9 Å². The highest BCUT2D eigenvalue weighted by Crippen LogP contribution is 2.25. The molecule has 0 bridgehead atoms.